The number of carbonyl (C=O) groups excluding carboxylic acids is 2. The minimum absolute atomic E-state index is 0. The number of alkyl halides is 9. The quantitative estimate of drug-likeness (QED) is 0.121. The molecule has 30 heteroatoms. The molecule has 0 spiro atoms. The van der Waals surface area contributed by atoms with Crippen LogP contribution in [0, 0.1) is 17.5 Å². The zero-order valence-electron chi connectivity index (χ0n) is 35.4. The molecule has 0 amide bonds. The number of rotatable bonds is 6. The van der Waals surface area contributed by atoms with Crippen LogP contribution in [0.3, 0.4) is 0 Å². The van der Waals surface area contributed by atoms with E-state index in [1.165, 1.54) is 52.5 Å². The predicted octanol–water partition coefficient (Wildman–Crippen LogP) is 4.30. The monoisotopic (exact) mass is 1040 g/mol. The van der Waals surface area contributed by atoms with Crippen LogP contribution in [0.1, 0.15) is 48.2 Å². The summed E-state index contributed by atoms with van der Waals surface area (Å²) in [5.41, 5.74) is -4.19. The standard InChI is InChI=1S/C13H10F4N2O2.C12H8F4N2O2.C8H6BrFO2.C5H6BF3N2O2.Li.H2O/c1-19-10(6-11(18-19)13(15,16)17)8-4-3-7(5-9(8)14)12(20)21-2;1-18-9(5-10(17-18)12(14,15)16)7-3-2-6(11(19)20)4-8(7)13;1-12-8(11)5-2-3-6(9)7(10)4-5;1-11-4(6(12)13)2-3(10-11)5(7,8)9;;/h3-6H,1-2H3;2-5H,1H3,(H,19,20);2-4H,1H3;2,12-13H,1H3;;1H2/q;;;;+1;/p-1. The van der Waals surface area contributed by atoms with Gasteiger partial charge in [-0.2, -0.15) is 54.8 Å². The van der Waals surface area contributed by atoms with E-state index in [1.54, 1.807) is 0 Å². The normalized spacial score (nSPS) is 10.9. The number of hydrogen-bond donors (Lipinski definition) is 3. The Bertz CT molecular complexity index is 2710. The van der Waals surface area contributed by atoms with Gasteiger partial charge in [0.25, 0.3) is 0 Å². The van der Waals surface area contributed by atoms with Crippen LogP contribution in [-0.2, 0) is 49.1 Å². The Kier molecular flexibility index (Phi) is 21.4. The number of benzene rings is 3. The number of ether oxygens (including phenoxy) is 2. The first-order chi connectivity index (χ1) is 30.4. The maximum absolute atomic E-state index is 14.0. The van der Waals surface area contributed by atoms with Gasteiger partial charge in [0.15, 0.2) is 17.1 Å². The number of carbonyl (C=O) groups is 3. The van der Waals surface area contributed by atoms with E-state index in [0.29, 0.717) is 16.6 Å². The van der Waals surface area contributed by atoms with Gasteiger partial charge >= 0.3 is 62.4 Å². The number of carboxylic acids is 1. The third-order valence-corrected chi connectivity index (χ3v) is 8.95. The van der Waals surface area contributed by atoms with Gasteiger partial charge < -0.3 is 30.1 Å². The van der Waals surface area contributed by atoms with Crippen LogP contribution in [0.15, 0.2) is 77.3 Å². The molecule has 3 aromatic heterocycles. The van der Waals surface area contributed by atoms with Crippen molar-refractivity contribution in [2.45, 2.75) is 18.5 Å². The smallest absolute Gasteiger partial charge is 0.870 e. The molecule has 0 bridgehead atoms. The van der Waals surface area contributed by atoms with Gasteiger partial charge in [-0.25, -0.2) is 27.6 Å². The van der Waals surface area contributed by atoms with E-state index in [9.17, 15) is 67.1 Å². The fourth-order valence-corrected chi connectivity index (χ4v) is 5.39. The summed E-state index contributed by atoms with van der Waals surface area (Å²) in [6.45, 7) is 0. The van der Waals surface area contributed by atoms with Crippen molar-refractivity contribution in [2.75, 3.05) is 14.2 Å². The topological polar surface area (TPSA) is 214 Å². The molecular formula is C38H31BBrF12LiN6O9. The van der Waals surface area contributed by atoms with Gasteiger partial charge in [0.1, 0.15) is 17.5 Å². The van der Waals surface area contributed by atoms with Gasteiger partial charge in [-0.05, 0) is 88.7 Å². The maximum atomic E-state index is 14.0. The van der Waals surface area contributed by atoms with Gasteiger partial charge in [-0.1, -0.05) is 0 Å². The largest absolute Gasteiger partial charge is 1.00 e. The number of halogens is 13. The molecule has 6 aromatic rings. The summed E-state index contributed by atoms with van der Waals surface area (Å²) < 4.78 is 164. The zero-order valence-corrected chi connectivity index (χ0v) is 37.0. The fraction of sp³-hybridized carbons (Fsp3) is 0.211. The number of esters is 2. The minimum atomic E-state index is -4.63. The van der Waals surface area contributed by atoms with Crippen LogP contribution in [0.4, 0.5) is 52.7 Å². The average Bonchev–Trinajstić information content (AvgIpc) is 3.95. The molecule has 0 saturated heterocycles. The summed E-state index contributed by atoms with van der Waals surface area (Å²) in [7, 11) is 4.17. The van der Waals surface area contributed by atoms with Crippen LogP contribution >= 0.6 is 15.9 Å². The van der Waals surface area contributed by atoms with Gasteiger partial charge in [0, 0.05) is 32.3 Å². The van der Waals surface area contributed by atoms with E-state index in [4.69, 9.17) is 15.2 Å². The fourth-order valence-electron chi connectivity index (χ4n) is 5.14. The van der Waals surface area contributed by atoms with Crippen molar-refractivity contribution in [1.82, 2.24) is 29.3 Å². The maximum Gasteiger partial charge on any atom is 1.00 e. The number of nitrogens with zero attached hydrogens (tertiary/aromatic N) is 6. The number of carboxylic acid groups (broad SMARTS) is 1. The van der Waals surface area contributed by atoms with E-state index in [-0.39, 0.29) is 69.1 Å². The van der Waals surface area contributed by atoms with E-state index in [0.717, 1.165) is 57.6 Å². The Hall–Kier alpha value is -6.12. The van der Waals surface area contributed by atoms with Gasteiger partial charge in [0.2, 0.25) is 0 Å². The molecule has 4 N–H and O–H groups in total. The molecular weight excluding hydrogens is 1010 g/mol. The van der Waals surface area contributed by atoms with E-state index >= 15 is 0 Å². The first-order valence-corrected chi connectivity index (χ1v) is 18.3. The second-order valence-electron chi connectivity index (χ2n) is 12.8. The van der Waals surface area contributed by atoms with Crippen molar-refractivity contribution in [3.63, 3.8) is 0 Å². The van der Waals surface area contributed by atoms with Gasteiger partial charge in [-0.15, -0.1) is 0 Å². The predicted molar refractivity (Wildman–Crippen MR) is 211 cm³/mol. The molecule has 362 valence electrons. The van der Waals surface area contributed by atoms with Crippen LogP contribution in [-0.4, -0.2) is 89.2 Å². The van der Waals surface area contributed by atoms with Crippen LogP contribution in [0.25, 0.3) is 22.5 Å². The summed E-state index contributed by atoms with van der Waals surface area (Å²) in [6.07, 6.45) is -13.8. The Labute approximate surface area is 395 Å². The second kappa shape index (κ2) is 24.3. The first kappa shape index (κ1) is 59.9. The molecule has 68 heavy (non-hydrogen) atoms. The van der Waals surface area contributed by atoms with Crippen LogP contribution in [0.5, 0.6) is 0 Å². The van der Waals surface area contributed by atoms with Crippen molar-refractivity contribution in [2.24, 2.45) is 21.1 Å². The zero-order chi connectivity index (χ0) is 50.2. The number of aromatic carboxylic acids is 1. The minimum Gasteiger partial charge on any atom is -0.870 e. The molecule has 0 radical (unpaired) electrons. The third-order valence-electron chi connectivity index (χ3n) is 8.31. The summed E-state index contributed by atoms with van der Waals surface area (Å²) in [5, 5.41) is 35.6. The SMILES string of the molecule is COC(=O)c1ccc(-c2cc(C(F)(F)F)nn2C)c(F)c1.COC(=O)c1ccc(Br)c(F)c1.Cn1nc(C(F)(F)F)cc1-c1ccc(C(=O)O)cc1F.Cn1nc(C(F)(F)F)cc1B(O)O.[Li+].[OH-]. The number of aromatic nitrogens is 6. The molecule has 0 fully saturated rings. The molecule has 0 atom stereocenters. The Balaban J connectivity index is 0.000000461. The second-order valence-corrected chi connectivity index (χ2v) is 13.7. The van der Waals surface area contributed by atoms with Crippen LogP contribution in [0.2, 0.25) is 0 Å². The molecule has 6 rings (SSSR count). The van der Waals surface area contributed by atoms with Gasteiger partial charge in [-0.3, -0.25) is 14.0 Å². The first-order valence-electron chi connectivity index (χ1n) is 17.6. The van der Waals surface area contributed by atoms with Crippen molar-refractivity contribution in [3.05, 3.63) is 128 Å². The molecule has 15 nitrogen and oxygen atoms in total. The molecule has 0 aliphatic heterocycles. The Morgan fingerprint density at radius 1 is 0.574 bits per heavy atom. The van der Waals surface area contributed by atoms with E-state index < -0.39 is 78.1 Å². The molecule has 3 heterocycles. The van der Waals surface area contributed by atoms with E-state index in [1.807, 2.05) is 0 Å². The third kappa shape index (κ3) is 15.7. The number of aryl methyl sites for hydroxylation is 3. The van der Waals surface area contributed by atoms with Crippen LogP contribution < -0.4 is 24.5 Å². The van der Waals surface area contributed by atoms with Crippen molar-refractivity contribution >= 4 is 46.5 Å². The van der Waals surface area contributed by atoms with Gasteiger partial charge in [0.05, 0.1) is 52.4 Å². The molecule has 3 aromatic carbocycles. The molecule has 0 saturated carbocycles. The van der Waals surface area contributed by atoms with Crippen molar-refractivity contribution in [1.29, 1.82) is 0 Å². The number of methoxy groups -OCH3 is 2. The summed E-state index contributed by atoms with van der Waals surface area (Å²) >= 11 is 2.97. The Morgan fingerprint density at radius 3 is 1.21 bits per heavy atom. The summed E-state index contributed by atoms with van der Waals surface area (Å²) in [6, 6.07) is 12.5. The average molecular weight is 1040 g/mol. The van der Waals surface area contributed by atoms with Crippen molar-refractivity contribution in [3.8, 4) is 22.5 Å². The molecule has 0 aliphatic carbocycles. The molecule has 0 unspecified atom stereocenters. The summed E-state index contributed by atoms with van der Waals surface area (Å²) in [5.74, 6) is -4.84. The number of hydrogen-bond acceptors (Lipinski definition) is 11. The van der Waals surface area contributed by atoms with E-state index in [2.05, 4.69) is 40.7 Å². The molecule has 0 aliphatic rings. The van der Waals surface area contributed by atoms with Crippen molar-refractivity contribution < 1.29 is 116 Å². The Morgan fingerprint density at radius 2 is 0.912 bits per heavy atom. The summed E-state index contributed by atoms with van der Waals surface area (Å²) in [4.78, 5) is 32.8.